The second-order valence-corrected chi connectivity index (χ2v) is 3.78. The second kappa shape index (κ2) is 5.67. The number of H-pyrrole nitrogens is 1. The predicted molar refractivity (Wildman–Crippen MR) is 68.7 cm³/mol. The molecule has 98 valence electrons. The standard InChI is InChI=1S/C12H13N5O2/c13-11(17-19)8-2-1-3-9(6-8)12(18)16-7-10-14-4-5-15-10/h1-6,19H,7H2,(H2,13,17)(H,14,15)(H,16,18). The number of nitrogens with zero attached hydrogens (tertiary/aromatic N) is 2. The van der Waals surface area contributed by atoms with Crippen LogP contribution in [0.1, 0.15) is 21.7 Å². The first-order valence-corrected chi connectivity index (χ1v) is 5.55. The summed E-state index contributed by atoms with van der Waals surface area (Å²) in [6, 6.07) is 6.51. The average Bonchev–Trinajstić information content (AvgIpc) is 2.97. The number of nitrogens with two attached hydrogens (primary N) is 1. The number of rotatable bonds is 4. The van der Waals surface area contributed by atoms with Crippen LogP contribution in [0.3, 0.4) is 0 Å². The first kappa shape index (κ1) is 12.6. The van der Waals surface area contributed by atoms with Crippen LogP contribution < -0.4 is 11.1 Å². The maximum atomic E-state index is 11.9. The molecule has 7 nitrogen and oxygen atoms in total. The lowest BCUT2D eigenvalue weighted by molar-refractivity contribution is 0.0950. The monoisotopic (exact) mass is 259 g/mol. The summed E-state index contributed by atoms with van der Waals surface area (Å²) in [7, 11) is 0. The van der Waals surface area contributed by atoms with Crippen molar-refractivity contribution in [1.82, 2.24) is 15.3 Å². The summed E-state index contributed by atoms with van der Waals surface area (Å²) in [4.78, 5) is 18.8. The Bertz CT molecular complexity index is 592. The highest BCUT2D eigenvalue weighted by molar-refractivity contribution is 6.01. The van der Waals surface area contributed by atoms with Crippen molar-refractivity contribution in [3.05, 3.63) is 53.6 Å². The minimum Gasteiger partial charge on any atom is -0.409 e. The number of aromatic nitrogens is 2. The summed E-state index contributed by atoms with van der Waals surface area (Å²) in [5, 5.41) is 14.2. The van der Waals surface area contributed by atoms with E-state index < -0.39 is 0 Å². The van der Waals surface area contributed by atoms with Crippen molar-refractivity contribution in [3.63, 3.8) is 0 Å². The first-order chi connectivity index (χ1) is 9.20. The average molecular weight is 259 g/mol. The maximum Gasteiger partial charge on any atom is 0.251 e. The molecule has 1 amide bonds. The molecule has 0 spiro atoms. The highest BCUT2D eigenvalue weighted by Crippen LogP contribution is 2.05. The smallest absolute Gasteiger partial charge is 0.251 e. The van der Waals surface area contributed by atoms with E-state index in [1.807, 2.05) is 0 Å². The van der Waals surface area contributed by atoms with Gasteiger partial charge in [-0.15, -0.1) is 0 Å². The molecule has 5 N–H and O–H groups in total. The molecule has 0 bridgehead atoms. The third kappa shape index (κ3) is 3.09. The fourth-order valence-electron chi connectivity index (χ4n) is 1.54. The molecule has 0 atom stereocenters. The van der Waals surface area contributed by atoms with Crippen molar-refractivity contribution >= 4 is 11.7 Å². The number of amidine groups is 1. The number of imidazole rings is 1. The van der Waals surface area contributed by atoms with Gasteiger partial charge in [0.2, 0.25) is 0 Å². The Morgan fingerprint density at radius 3 is 2.95 bits per heavy atom. The van der Waals surface area contributed by atoms with E-state index in [2.05, 4.69) is 20.4 Å². The van der Waals surface area contributed by atoms with E-state index >= 15 is 0 Å². The van der Waals surface area contributed by atoms with Gasteiger partial charge in [0.1, 0.15) is 5.82 Å². The lowest BCUT2D eigenvalue weighted by atomic mass is 10.1. The molecule has 1 aromatic heterocycles. The van der Waals surface area contributed by atoms with Crippen LogP contribution in [0.5, 0.6) is 0 Å². The highest BCUT2D eigenvalue weighted by Gasteiger charge is 2.08. The Kier molecular flexibility index (Phi) is 3.77. The number of hydrogen-bond acceptors (Lipinski definition) is 4. The number of oxime groups is 1. The van der Waals surface area contributed by atoms with Crippen LogP contribution in [0.4, 0.5) is 0 Å². The third-order valence-electron chi connectivity index (χ3n) is 2.50. The van der Waals surface area contributed by atoms with Crippen molar-refractivity contribution in [3.8, 4) is 0 Å². The number of aromatic amines is 1. The Morgan fingerprint density at radius 2 is 2.26 bits per heavy atom. The molecule has 2 rings (SSSR count). The van der Waals surface area contributed by atoms with E-state index in [1.54, 1.807) is 36.7 Å². The molecule has 1 aromatic carbocycles. The predicted octanol–water partition coefficient (Wildman–Crippen LogP) is 0.434. The number of carbonyl (C=O) groups is 1. The van der Waals surface area contributed by atoms with Crippen LogP contribution in [0.2, 0.25) is 0 Å². The van der Waals surface area contributed by atoms with Crippen molar-refractivity contribution in [2.24, 2.45) is 10.9 Å². The van der Waals surface area contributed by atoms with Gasteiger partial charge in [-0.3, -0.25) is 4.79 Å². The molecule has 0 saturated carbocycles. The van der Waals surface area contributed by atoms with Crippen LogP contribution >= 0.6 is 0 Å². The lowest BCUT2D eigenvalue weighted by Gasteiger charge is -2.05. The largest absolute Gasteiger partial charge is 0.409 e. The molecule has 7 heteroatoms. The van der Waals surface area contributed by atoms with E-state index in [9.17, 15) is 4.79 Å². The summed E-state index contributed by atoms with van der Waals surface area (Å²) in [6.45, 7) is 0.305. The van der Waals surface area contributed by atoms with Crippen LogP contribution in [-0.2, 0) is 6.54 Å². The molecule has 19 heavy (non-hydrogen) atoms. The number of hydrogen-bond donors (Lipinski definition) is 4. The highest BCUT2D eigenvalue weighted by atomic mass is 16.4. The summed E-state index contributed by atoms with van der Waals surface area (Å²) in [6.07, 6.45) is 3.29. The van der Waals surface area contributed by atoms with Crippen molar-refractivity contribution < 1.29 is 10.0 Å². The van der Waals surface area contributed by atoms with Gasteiger partial charge in [-0.2, -0.15) is 0 Å². The lowest BCUT2D eigenvalue weighted by Crippen LogP contribution is -2.24. The Labute approximate surface area is 109 Å². The molecule has 0 aliphatic heterocycles. The molecule has 0 saturated heterocycles. The van der Waals surface area contributed by atoms with Gasteiger partial charge in [-0.05, 0) is 12.1 Å². The van der Waals surface area contributed by atoms with Crippen molar-refractivity contribution in [2.75, 3.05) is 0 Å². The SMILES string of the molecule is NC(=NO)c1cccc(C(=O)NCc2ncc[nH]2)c1. The first-order valence-electron chi connectivity index (χ1n) is 5.55. The molecule has 0 unspecified atom stereocenters. The molecular weight excluding hydrogens is 246 g/mol. The molecule has 2 aromatic rings. The van der Waals surface area contributed by atoms with Gasteiger partial charge in [0.05, 0.1) is 6.54 Å². The minimum atomic E-state index is -0.260. The van der Waals surface area contributed by atoms with Gasteiger partial charge in [-0.25, -0.2) is 4.98 Å². The third-order valence-corrected chi connectivity index (χ3v) is 2.50. The molecular formula is C12H13N5O2. The van der Waals surface area contributed by atoms with Crippen molar-refractivity contribution in [2.45, 2.75) is 6.54 Å². The molecule has 0 aliphatic carbocycles. The molecule has 0 aliphatic rings. The quantitative estimate of drug-likeness (QED) is 0.276. The van der Waals surface area contributed by atoms with Gasteiger partial charge < -0.3 is 21.2 Å². The van der Waals surface area contributed by atoms with Gasteiger partial charge in [0, 0.05) is 23.5 Å². The zero-order valence-electron chi connectivity index (χ0n) is 10.00. The topological polar surface area (TPSA) is 116 Å². The van der Waals surface area contributed by atoms with Crippen molar-refractivity contribution in [1.29, 1.82) is 0 Å². The minimum absolute atomic E-state index is 0.0410. The zero-order valence-corrected chi connectivity index (χ0v) is 10.00. The van der Waals surface area contributed by atoms with Crippen LogP contribution in [0.15, 0.2) is 41.8 Å². The second-order valence-electron chi connectivity index (χ2n) is 3.78. The number of carbonyl (C=O) groups excluding carboxylic acids is 1. The summed E-state index contributed by atoms with van der Waals surface area (Å²) in [5.41, 5.74) is 6.37. The number of amides is 1. The molecule has 0 fully saturated rings. The Hall–Kier alpha value is -2.83. The van der Waals surface area contributed by atoms with E-state index in [1.165, 1.54) is 0 Å². The van der Waals surface area contributed by atoms with Gasteiger partial charge in [0.15, 0.2) is 5.84 Å². The van der Waals surface area contributed by atoms with E-state index in [0.717, 1.165) is 0 Å². The molecule has 0 radical (unpaired) electrons. The van der Waals surface area contributed by atoms with Crippen LogP contribution in [-0.4, -0.2) is 26.9 Å². The Morgan fingerprint density at radius 1 is 1.47 bits per heavy atom. The van der Waals surface area contributed by atoms with E-state index in [4.69, 9.17) is 10.9 Å². The summed E-state index contributed by atoms with van der Waals surface area (Å²) >= 11 is 0. The number of benzene rings is 1. The van der Waals surface area contributed by atoms with E-state index in [0.29, 0.717) is 23.5 Å². The fraction of sp³-hybridized carbons (Fsp3) is 0.0833. The normalized spacial score (nSPS) is 11.3. The maximum absolute atomic E-state index is 11.9. The summed E-state index contributed by atoms with van der Waals surface area (Å²) < 4.78 is 0. The van der Waals surface area contributed by atoms with Gasteiger partial charge in [-0.1, -0.05) is 17.3 Å². The number of nitrogens with one attached hydrogen (secondary N) is 2. The van der Waals surface area contributed by atoms with Gasteiger partial charge >= 0.3 is 0 Å². The zero-order chi connectivity index (χ0) is 13.7. The van der Waals surface area contributed by atoms with Gasteiger partial charge in [0.25, 0.3) is 5.91 Å². The van der Waals surface area contributed by atoms with Crippen LogP contribution in [0.25, 0.3) is 0 Å². The van der Waals surface area contributed by atoms with Crippen LogP contribution in [0, 0.1) is 0 Å². The summed E-state index contributed by atoms with van der Waals surface area (Å²) in [5.74, 6) is 0.366. The Balaban J connectivity index is 2.07. The van der Waals surface area contributed by atoms with E-state index in [-0.39, 0.29) is 11.7 Å². The fourth-order valence-corrected chi connectivity index (χ4v) is 1.54. The molecule has 1 heterocycles.